The topological polar surface area (TPSA) is 93.5 Å². The summed E-state index contributed by atoms with van der Waals surface area (Å²) in [5.74, 6) is -0.508. The molecular weight excluding hydrogens is 318 g/mol. The number of aryl methyl sites for hydroxylation is 2. The van der Waals surface area contributed by atoms with Crippen molar-refractivity contribution < 1.29 is 14.3 Å². The molecule has 1 heterocycles. The van der Waals surface area contributed by atoms with Crippen molar-refractivity contribution in [1.29, 1.82) is 0 Å². The van der Waals surface area contributed by atoms with Gasteiger partial charge >= 0.3 is 0 Å². The largest absolute Gasteiger partial charge is 0.364 e. The van der Waals surface area contributed by atoms with E-state index in [0.717, 1.165) is 23.2 Å². The molecule has 0 bridgehead atoms. The zero-order chi connectivity index (χ0) is 16.1. The van der Waals surface area contributed by atoms with Gasteiger partial charge in [0.15, 0.2) is 0 Å². The summed E-state index contributed by atoms with van der Waals surface area (Å²) in [5.41, 5.74) is 8.29. The number of amides is 2. The minimum absolute atomic E-state index is 0. The molecular formula is C16H24ClN3O3. The maximum atomic E-state index is 12.0. The van der Waals surface area contributed by atoms with Crippen molar-refractivity contribution in [3.63, 3.8) is 0 Å². The third-order valence-corrected chi connectivity index (χ3v) is 3.83. The molecule has 1 aromatic rings. The van der Waals surface area contributed by atoms with Gasteiger partial charge in [-0.3, -0.25) is 9.59 Å². The van der Waals surface area contributed by atoms with Crippen molar-refractivity contribution in [2.24, 2.45) is 5.73 Å². The fourth-order valence-corrected chi connectivity index (χ4v) is 2.55. The summed E-state index contributed by atoms with van der Waals surface area (Å²) in [6.45, 7) is 4.21. The van der Waals surface area contributed by atoms with Crippen LogP contribution in [0.5, 0.6) is 0 Å². The first-order valence-electron chi connectivity index (χ1n) is 7.50. The molecule has 6 nitrogen and oxygen atoms in total. The first-order valence-corrected chi connectivity index (χ1v) is 7.50. The van der Waals surface area contributed by atoms with Gasteiger partial charge in [-0.25, -0.2) is 0 Å². The second-order valence-corrected chi connectivity index (χ2v) is 5.59. The molecule has 0 spiro atoms. The Hall–Kier alpha value is -1.63. The van der Waals surface area contributed by atoms with E-state index in [2.05, 4.69) is 10.6 Å². The summed E-state index contributed by atoms with van der Waals surface area (Å²) >= 11 is 0. The molecule has 2 atom stereocenters. The molecule has 0 radical (unpaired) electrons. The van der Waals surface area contributed by atoms with E-state index in [0.29, 0.717) is 13.0 Å². The fraction of sp³-hybridized carbons (Fsp3) is 0.500. The van der Waals surface area contributed by atoms with Gasteiger partial charge in [-0.2, -0.15) is 0 Å². The summed E-state index contributed by atoms with van der Waals surface area (Å²) in [6.07, 6.45) is 0.871. The third-order valence-electron chi connectivity index (χ3n) is 3.83. The maximum Gasteiger partial charge on any atom is 0.249 e. The number of para-hydroxylation sites is 1. The monoisotopic (exact) mass is 341 g/mol. The van der Waals surface area contributed by atoms with E-state index >= 15 is 0 Å². The highest BCUT2D eigenvalue weighted by molar-refractivity contribution is 5.96. The van der Waals surface area contributed by atoms with Crippen LogP contribution in [0.4, 0.5) is 5.69 Å². The molecule has 1 aliphatic heterocycles. The number of nitrogens with two attached hydrogens (primary N) is 1. The molecule has 1 aliphatic rings. The highest BCUT2D eigenvalue weighted by Gasteiger charge is 2.29. The standard InChI is InChI=1S/C16H23N3O3.ClH/c1-10-4-3-5-11(2)15(10)19-14(20)9-18-16(21)13-7-6-12(8-17)22-13;/h3-5,12-13H,6-9,17H2,1-2H3,(H,18,21)(H,19,20);1H/t12-,13+;/m1./s1. The number of rotatable bonds is 5. The van der Waals surface area contributed by atoms with Crippen LogP contribution in [0.1, 0.15) is 24.0 Å². The summed E-state index contributed by atoms with van der Waals surface area (Å²) in [6, 6.07) is 5.80. The highest BCUT2D eigenvalue weighted by atomic mass is 35.5. The van der Waals surface area contributed by atoms with Crippen LogP contribution in [0.15, 0.2) is 18.2 Å². The quantitative estimate of drug-likeness (QED) is 0.752. The maximum absolute atomic E-state index is 12.0. The lowest BCUT2D eigenvalue weighted by atomic mass is 10.1. The van der Waals surface area contributed by atoms with Gasteiger partial charge in [0.1, 0.15) is 6.10 Å². The Balaban J connectivity index is 0.00000264. The molecule has 7 heteroatoms. The van der Waals surface area contributed by atoms with Crippen molar-refractivity contribution in [2.45, 2.75) is 38.9 Å². The molecule has 0 saturated carbocycles. The van der Waals surface area contributed by atoms with Crippen LogP contribution in [0, 0.1) is 13.8 Å². The summed E-state index contributed by atoms with van der Waals surface area (Å²) in [4.78, 5) is 23.9. The molecule has 2 amide bonds. The summed E-state index contributed by atoms with van der Waals surface area (Å²) in [5, 5.41) is 5.44. The molecule has 128 valence electrons. The number of ether oxygens (including phenoxy) is 1. The Morgan fingerprint density at radius 1 is 1.26 bits per heavy atom. The predicted molar refractivity (Wildman–Crippen MR) is 91.8 cm³/mol. The second kappa shape index (κ2) is 8.86. The molecule has 1 aromatic carbocycles. The van der Waals surface area contributed by atoms with Crippen molar-refractivity contribution in [3.05, 3.63) is 29.3 Å². The van der Waals surface area contributed by atoms with Gasteiger partial charge < -0.3 is 21.1 Å². The van der Waals surface area contributed by atoms with Gasteiger partial charge in [0.05, 0.1) is 12.6 Å². The van der Waals surface area contributed by atoms with Gasteiger partial charge in [0, 0.05) is 12.2 Å². The highest BCUT2D eigenvalue weighted by Crippen LogP contribution is 2.20. The number of anilines is 1. The van der Waals surface area contributed by atoms with Gasteiger partial charge in [0.25, 0.3) is 0 Å². The van der Waals surface area contributed by atoms with Gasteiger partial charge in [-0.1, -0.05) is 18.2 Å². The van der Waals surface area contributed by atoms with E-state index < -0.39 is 6.10 Å². The normalized spacial score (nSPS) is 19.8. The number of halogens is 1. The number of carbonyl (C=O) groups excluding carboxylic acids is 2. The van der Waals surface area contributed by atoms with E-state index in [1.165, 1.54) is 0 Å². The Morgan fingerprint density at radius 2 is 1.91 bits per heavy atom. The first-order chi connectivity index (χ1) is 10.5. The molecule has 2 rings (SSSR count). The SMILES string of the molecule is Cc1cccc(C)c1NC(=O)CNC(=O)[C@@H]1CC[C@H](CN)O1.Cl. The van der Waals surface area contributed by atoms with Gasteiger partial charge in [0.2, 0.25) is 11.8 Å². The van der Waals surface area contributed by atoms with Crippen molar-refractivity contribution in [3.8, 4) is 0 Å². The van der Waals surface area contributed by atoms with Crippen LogP contribution >= 0.6 is 12.4 Å². The average molecular weight is 342 g/mol. The van der Waals surface area contributed by atoms with Crippen molar-refractivity contribution in [1.82, 2.24) is 5.32 Å². The zero-order valence-corrected chi connectivity index (χ0v) is 14.2. The van der Waals surface area contributed by atoms with Gasteiger partial charge in [-0.05, 0) is 37.8 Å². The van der Waals surface area contributed by atoms with E-state index in [-0.39, 0.29) is 36.9 Å². The number of hydrogen-bond donors (Lipinski definition) is 3. The smallest absolute Gasteiger partial charge is 0.249 e. The minimum Gasteiger partial charge on any atom is -0.364 e. The second-order valence-electron chi connectivity index (χ2n) is 5.59. The molecule has 4 N–H and O–H groups in total. The van der Waals surface area contributed by atoms with E-state index in [9.17, 15) is 9.59 Å². The number of hydrogen-bond acceptors (Lipinski definition) is 4. The molecule has 1 fully saturated rings. The molecule has 0 aromatic heterocycles. The van der Waals surface area contributed by atoms with Crippen LogP contribution in [0.2, 0.25) is 0 Å². The van der Waals surface area contributed by atoms with E-state index in [1.807, 2.05) is 32.0 Å². The van der Waals surface area contributed by atoms with Crippen LogP contribution in [-0.4, -0.2) is 37.1 Å². The van der Waals surface area contributed by atoms with Crippen molar-refractivity contribution in [2.75, 3.05) is 18.4 Å². The summed E-state index contributed by atoms with van der Waals surface area (Å²) < 4.78 is 5.49. The third kappa shape index (κ3) is 5.20. The number of benzene rings is 1. The fourth-order valence-electron chi connectivity index (χ4n) is 2.55. The lowest BCUT2D eigenvalue weighted by Gasteiger charge is -2.14. The lowest BCUT2D eigenvalue weighted by molar-refractivity contribution is -0.133. The molecule has 1 saturated heterocycles. The average Bonchev–Trinajstić information content (AvgIpc) is 2.98. The van der Waals surface area contributed by atoms with Crippen LogP contribution < -0.4 is 16.4 Å². The molecule has 23 heavy (non-hydrogen) atoms. The number of carbonyl (C=O) groups is 2. The Labute approximate surface area is 142 Å². The van der Waals surface area contributed by atoms with Crippen LogP contribution in [0.25, 0.3) is 0 Å². The Kier molecular flexibility index (Phi) is 7.48. The Morgan fingerprint density at radius 3 is 2.48 bits per heavy atom. The zero-order valence-electron chi connectivity index (χ0n) is 13.4. The molecule has 0 aliphatic carbocycles. The van der Waals surface area contributed by atoms with Crippen LogP contribution in [0.3, 0.4) is 0 Å². The van der Waals surface area contributed by atoms with Gasteiger partial charge in [-0.15, -0.1) is 12.4 Å². The van der Waals surface area contributed by atoms with Crippen LogP contribution in [-0.2, 0) is 14.3 Å². The van der Waals surface area contributed by atoms with Crippen molar-refractivity contribution >= 4 is 29.9 Å². The summed E-state index contributed by atoms with van der Waals surface area (Å²) in [7, 11) is 0. The number of nitrogens with one attached hydrogen (secondary N) is 2. The Bertz CT molecular complexity index is 545. The van der Waals surface area contributed by atoms with E-state index in [4.69, 9.17) is 10.5 Å². The predicted octanol–water partition coefficient (Wildman–Crippen LogP) is 1.29. The lowest BCUT2D eigenvalue weighted by Crippen LogP contribution is -2.39. The minimum atomic E-state index is -0.499. The first kappa shape index (κ1) is 19.4. The van der Waals surface area contributed by atoms with E-state index in [1.54, 1.807) is 0 Å². The molecule has 0 unspecified atom stereocenters.